The molecule has 3 heterocycles. The lowest BCUT2D eigenvalue weighted by atomic mass is 10.0. The summed E-state index contributed by atoms with van der Waals surface area (Å²) in [4.78, 5) is 25.3. The Morgan fingerprint density at radius 1 is 1.10 bits per heavy atom. The third-order valence-corrected chi connectivity index (χ3v) is 5.16. The number of methoxy groups -OCH3 is 1. The lowest BCUT2D eigenvalue weighted by Gasteiger charge is -2.35. The van der Waals surface area contributed by atoms with Crippen molar-refractivity contribution in [1.82, 2.24) is 14.9 Å². The molecule has 1 amide bonds. The summed E-state index contributed by atoms with van der Waals surface area (Å²) in [7, 11) is 1.54. The third-order valence-electron chi connectivity index (χ3n) is 5.16. The smallest absolute Gasteiger partial charge is 0.409 e. The first-order valence-corrected chi connectivity index (χ1v) is 9.98. The van der Waals surface area contributed by atoms with Crippen molar-refractivity contribution in [1.29, 1.82) is 0 Å². The summed E-state index contributed by atoms with van der Waals surface area (Å²) < 4.78 is 10.4. The van der Waals surface area contributed by atoms with Gasteiger partial charge in [-0.1, -0.05) is 30.3 Å². The minimum Gasteiger partial charge on any atom is -0.479 e. The molecular weight excluding hydrogens is 382 g/mol. The summed E-state index contributed by atoms with van der Waals surface area (Å²) >= 11 is 0. The van der Waals surface area contributed by atoms with E-state index in [-0.39, 0.29) is 6.09 Å². The Balaban J connectivity index is 1.74. The van der Waals surface area contributed by atoms with E-state index in [1.165, 1.54) is 0 Å². The number of carbonyl (C=O) groups is 1. The fraction of sp³-hybridized carbons (Fsp3) is 0.318. The van der Waals surface area contributed by atoms with Crippen molar-refractivity contribution < 1.29 is 14.3 Å². The van der Waals surface area contributed by atoms with Gasteiger partial charge in [0.1, 0.15) is 5.82 Å². The predicted octanol–water partition coefficient (Wildman–Crippen LogP) is 3.17. The van der Waals surface area contributed by atoms with Crippen LogP contribution in [0.25, 0.3) is 22.2 Å². The van der Waals surface area contributed by atoms with Crippen molar-refractivity contribution in [2.75, 3.05) is 50.5 Å². The van der Waals surface area contributed by atoms with Crippen LogP contribution in [-0.4, -0.2) is 60.9 Å². The summed E-state index contributed by atoms with van der Waals surface area (Å²) in [6.45, 7) is 4.65. The van der Waals surface area contributed by atoms with Crippen LogP contribution in [0.5, 0.6) is 5.88 Å². The van der Waals surface area contributed by atoms with Gasteiger partial charge in [-0.15, -0.1) is 0 Å². The number of nitrogen functional groups attached to an aromatic ring is 1. The van der Waals surface area contributed by atoms with Gasteiger partial charge < -0.3 is 25.0 Å². The van der Waals surface area contributed by atoms with Crippen LogP contribution < -0.4 is 15.4 Å². The van der Waals surface area contributed by atoms with E-state index < -0.39 is 0 Å². The van der Waals surface area contributed by atoms with Gasteiger partial charge in [-0.3, -0.25) is 0 Å². The Kier molecular flexibility index (Phi) is 5.56. The maximum atomic E-state index is 12.0. The Morgan fingerprint density at radius 3 is 2.50 bits per heavy atom. The monoisotopic (exact) mass is 407 g/mol. The number of aromatic nitrogens is 2. The molecular formula is C22H25N5O3. The van der Waals surface area contributed by atoms with Crippen LogP contribution in [0.3, 0.4) is 0 Å². The van der Waals surface area contributed by atoms with Crippen LogP contribution >= 0.6 is 0 Å². The molecule has 8 nitrogen and oxygen atoms in total. The Hall–Kier alpha value is -3.55. The molecule has 0 spiro atoms. The van der Waals surface area contributed by atoms with E-state index >= 15 is 0 Å². The zero-order valence-corrected chi connectivity index (χ0v) is 17.2. The zero-order chi connectivity index (χ0) is 21.1. The van der Waals surface area contributed by atoms with Gasteiger partial charge in [0.05, 0.1) is 19.4 Å². The van der Waals surface area contributed by atoms with Gasteiger partial charge in [-0.05, 0) is 24.6 Å². The first-order chi connectivity index (χ1) is 14.6. The molecule has 0 aliphatic carbocycles. The van der Waals surface area contributed by atoms with E-state index in [1.807, 2.05) is 31.2 Å². The molecule has 1 aliphatic rings. The second kappa shape index (κ2) is 8.44. The second-order valence-electron chi connectivity index (χ2n) is 7.03. The number of ether oxygens (including phenoxy) is 2. The maximum absolute atomic E-state index is 12.0. The average Bonchev–Trinajstić information content (AvgIpc) is 2.78. The molecule has 1 aromatic carbocycles. The van der Waals surface area contributed by atoms with Gasteiger partial charge in [-0.2, -0.15) is 4.98 Å². The number of pyridine rings is 2. The van der Waals surface area contributed by atoms with Gasteiger partial charge in [0.15, 0.2) is 5.65 Å². The molecule has 0 saturated carbocycles. The lowest BCUT2D eigenvalue weighted by Crippen LogP contribution is -2.49. The molecule has 0 radical (unpaired) electrons. The predicted molar refractivity (Wildman–Crippen MR) is 117 cm³/mol. The van der Waals surface area contributed by atoms with Crippen molar-refractivity contribution in [2.24, 2.45) is 0 Å². The van der Waals surface area contributed by atoms with Gasteiger partial charge in [0, 0.05) is 37.1 Å². The lowest BCUT2D eigenvalue weighted by molar-refractivity contribution is 0.105. The number of piperazine rings is 1. The molecule has 0 bridgehead atoms. The number of benzene rings is 1. The van der Waals surface area contributed by atoms with Gasteiger partial charge in [0.2, 0.25) is 5.88 Å². The molecule has 2 aromatic heterocycles. The summed E-state index contributed by atoms with van der Waals surface area (Å²) in [5.41, 5.74) is 9.16. The molecule has 1 aliphatic heterocycles. The van der Waals surface area contributed by atoms with Crippen LogP contribution in [0.15, 0.2) is 42.5 Å². The van der Waals surface area contributed by atoms with Crippen molar-refractivity contribution in [3.8, 4) is 17.0 Å². The molecule has 2 N–H and O–H groups in total. The number of rotatable bonds is 4. The highest BCUT2D eigenvalue weighted by molar-refractivity contribution is 5.90. The van der Waals surface area contributed by atoms with E-state index in [4.69, 9.17) is 20.2 Å². The Labute approximate surface area is 175 Å². The quantitative estimate of drug-likeness (QED) is 0.710. The van der Waals surface area contributed by atoms with Crippen molar-refractivity contribution in [3.63, 3.8) is 0 Å². The van der Waals surface area contributed by atoms with E-state index in [1.54, 1.807) is 12.0 Å². The topological polar surface area (TPSA) is 93.8 Å². The summed E-state index contributed by atoms with van der Waals surface area (Å²) in [6.07, 6.45) is -0.270. The molecule has 4 rings (SSSR count). The largest absolute Gasteiger partial charge is 0.479 e. The number of nitrogens with two attached hydrogens (primary N) is 1. The first kappa shape index (κ1) is 19.8. The fourth-order valence-electron chi connectivity index (χ4n) is 3.65. The van der Waals surface area contributed by atoms with Gasteiger partial charge >= 0.3 is 6.09 Å². The molecule has 8 heteroatoms. The maximum Gasteiger partial charge on any atom is 0.409 e. The van der Waals surface area contributed by atoms with Crippen LogP contribution in [0.1, 0.15) is 6.92 Å². The highest BCUT2D eigenvalue weighted by Crippen LogP contribution is 2.34. The number of hydrogen-bond donors (Lipinski definition) is 1. The zero-order valence-electron chi connectivity index (χ0n) is 17.2. The summed E-state index contributed by atoms with van der Waals surface area (Å²) in [5.74, 6) is 1.19. The van der Waals surface area contributed by atoms with Crippen molar-refractivity contribution >= 4 is 28.6 Å². The van der Waals surface area contributed by atoms with Crippen molar-refractivity contribution in [2.45, 2.75) is 6.92 Å². The number of hydrogen-bond acceptors (Lipinski definition) is 7. The SMILES string of the molecule is CCOC(=O)N1CCN(c2nc3nc(OC)c(N)cc3cc2-c2ccccc2)CC1. The standard InChI is InChI=1S/C22H25N5O3/c1-3-30-22(28)27-11-9-26(10-12-27)20-17(15-7-5-4-6-8-15)13-16-14-18(23)21(29-2)25-19(16)24-20/h4-8,13-14H,3,9-12,23H2,1-2H3. The number of amides is 1. The van der Waals surface area contributed by atoms with Crippen LogP contribution in [-0.2, 0) is 4.74 Å². The number of carbonyl (C=O) groups excluding carboxylic acids is 1. The highest BCUT2D eigenvalue weighted by atomic mass is 16.6. The average molecular weight is 407 g/mol. The number of anilines is 2. The molecule has 1 saturated heterocycles. The Bertz CT molecular complexity index is 1050. The van der Waals surface area contributed by atoms with Crippen LogP contribution in [0.4, 0.5) is 16.3 Å². The number of nitrogens with zero attached hydrogens (tertiary/aromatic N) is 4. The second-order valence-corrected chi connectivity index (χ2v) is 7.03. The van der Waals surface area contributed by atoms with Crippen LogP contribution in [0.2, 0.25) is 0 Å². The van der Waals surface area contributed by atoms with Gasteiger partial charge in [-0.25, -0.2) is 9.78 Å². The molecule has 3 aromatic rings. The van der Waals surface area contributed by atoms with E-state index in [0.29, 0.717) is 50.0 Å². The molecule has 0 atom stereocenters. The normalized spacial score (nSPS) is 14.1. The summed E-state index contributed by atoms with van der Waals surface area (Å²) in [5, 5.41) is 0.848. The van der Waals surface area contributed by atoms with Crippen molar-refractivity contribution in [3.05, 3.63) is 42.5 Å². The van der Waals surface area contributed by atoms with Crippen LogP contribution in [0, 0.1) is 0 Å². The molecule has 1 fully saturated rings. The molecule has 30 heavy (non-hydrogen) atoms. The summed E-state index contributed by atoms with van der Waals surface area (Å²) in [6, 6.07) is 14.0. The first-order valence-electron chi connectivity index (χ1n) is 9.98. The fourth-order valence-corrected chi connectivity index (χ4v) is 3.65. The number of fused-ring (bicyclic) bond motifs is 1. The minimum absolute atomic E-state index is 0.270. The molecule has 0 unspecified atom stereocenters. The third kappa shape index (κ3) is 3.80. The molecule has 156 valence electrons. The minimum atomic E-state index is -0.270. The van der Waals surface area contributed by atoms with E-state index in [0.717, 1.165) is 22.3 Å². The highest BCUT2D eigenvalue weighted by Gasteiger charge is 2.25. The van der Waals surface area contributed by atoms with E-state index in [2.05, 4.69) is 28.1 Å². The van der Waals surface area contributed by atoms with Gasteiger partial charge in [0.25, 0.3) is 0 Å². The Morgan fingerprint density at radius 2 is 1.83 bits per heavy atom. The van der Waals surface area contributed by atoms with E-state index in [9.17, 15) is 4.79 Å².